The number of rotatable bonds is 3. The van der Waals surface area contributed by atoms with E-state index >= 15 is 0 Å². The number of amides is 1. The summed E-state index contributed by atoms with van der Waals surface area (Å²) < 4.78 is 0. The van der Waals surface area contributed by atoms with Crippen LogP contribution in [0.15, 0.2) is 36.8 Å². The number of carbonyl (C=O) groups excluding carboxylic acids is 1. The smallest absolute Gasteiger partial charge is 0.228 e. The highest BCUT2D eigenvalue weighted by atomic mass is 16.2. The largest absolute Gasteiger partial charge is 0.383 e. The Balaban J connectivity index is 1.70. The van der Waals surface area contributed by atoms with Crippen LogP contribution in [0.2, 0.25) is 0 Å². The predicted molar refractivity (Wildman–Crippen MR) is 102 cm³/mol. The van der Waals surface area contributed by atoms with E-state index in [1.165, 1.54) is 0 Å². The Kier molecular flexibility index (Phi) is 4.03. The first kappa shape index (κ1) is 16.4. The second kappa shape index (κ2) is 6.37. The van der Waals surface area contributed by atoms with E-state index in [0.29, 0.717) is 17.6 Å². The highest BCUT2D eigenvalue weighted by Crippen LogP contribution is 2.34. The Morgan fingerprint density at radius 1 is 1.27 bits per heavy atom. The Morgan fingerprint density at radius 3 is 2.81 bits per heavy atom. The molecule has 0 aromatic carbocycles. The molecule has 1 saturated carbocycles. The lowest BCUT2D eigenvalue weighted by Gasteiger charge is -2.32. The second-order valence-corrected chi connectivity index (χ2v) is 7.02. The van der Waals surface area contributed by atoms with Crippen LogP contribution in [-0.4, -0.2) is 20.9 Å². The summed E-state index contributed by atoms with van der Waals surface area (Å²) in [5, 5.41) is 4.59. The van der Waals surface area contributed by atoms with Gasteiger partial charge in [-0.05, 0) is 54.8 Å². The lowest BCUT2D eigenvalue weighted by Crippen LogP contribution is -2.35. The van der Waals surface area contributed by atoms with Crippen LogP contribution in [0.1, 0.15) is 25.3 Å². The summed E-state index contributed by atoms with van der Waals surface area (Å²) in [6.07, 6.45) is 7.26. The van der Waals surface area contributed by atoms with Crippen LogP contribution in [0.5, 0.6) is 0 Å². The number of hydrogen-bond acceptors (Lipinski definition) is 5. The third-order valence-electron chi connectivity index (χ3n) is 5.27. The molecule has 3 aromatic heterocycles. The maximum Gasteiger partial charge on any atom is 0.228 e. The molecular weight excluding hydrogens is 326 g/mol. The van der Waals surface area contributed by atoms with Gasteiger partial charge in [-0.3, -0.25) is 9.78 Å². The molecule has 0 unspecified atom stereocenters. The molecule has 1 fully saturated rings. The Bertz CT molecular complexity index is 1000. The van der Waals surface area contributed by atoms with Crippen LogP contribution in [0.3, 0.4) is 0 Å². The Hall–Kier alpha value is -3.02. The first-order valence-electron chi connectivity index (χ1n) is 8.81. The van der Waals surface area contributed by atoms with E-state index in [9.17, 15) is 4.79 Å². The number of anilines is 2. The fourth-order valence-corrected chi connectivity index (χ4v) is 3.39. The topological polar surface area (TPSA) is 93.8 Å². The highest BCUT2D eigenvalue weighted by Gasteiger charge is 2.33. The number of nitrogens with zero attached hydrogens (tertiary/aromatic N) is 3. The minimum atomic E-state index is 0.0426. The third kappa shape index (κ3) is 2.87. The average molecular weight is 347 g/mol. The van der Waals surface area contributed by atoms with Gasteiger partial charge < -0.3 is 11.1 Å². The minimum Gasteiger partial charge on any atom is -0.383 e. The van der Waals surface area contributed by atoms with E-state index in [-0.39, 0.29) is 11.8 Å². The molecule has 1 aliphatic carbocycles. The van der Waals surface area contributed by atoms with Crippen LogP contribution < -0.4 is 11.1 Å². The molecule has 2 atom stereocenters. The molecular formula is C20H21N5O. The monoisotopic (exact) mass is 347 g/mol. The fraction of sp³-hybridized carbons (Fsp3) is 0.300. The van der Waals surface area contributed by atoms with E-state index in [4.69, 9.17) is 5.73 Å². The van der Waals surface area contributed by atoms with E-state index in [1.54, 1.807) is 18.6 Å². The summed E-state index contributed by atoms with van der Waals surface area (Å²) in [6.45, 7) is 4.12. The maximum absolute atomic E-state index is 12.3. The molecule has 1 aliphatic rings. The molecule has 0 aliphatic heterocycles. The molecule has 1 amide bonds. The van der Waals surface area contributed by atoms with Gasteiger partial charge >= 0.3 is 0 Å². The fourth-order valence-electron chi connectivity index (χ4n) is 3.39. The summed E-state index contributed by atoms with van der Waals surface area (Å²) in [5.41, 5.74) is 8.91. The van der Waals surface area contributed by atoms with E-state index in [1.807, 2.05) is 25.1 Å². The van der Waals surface area contributed by atoms with Crippen LogP contribution in [0.25, 0.3) is 22.0 Å². The standard InChI is InChI=1S/C20H21N5O/c1-11-3-4-14(11)20(26)25-18-8-13-7-17(15-9-22-6-5-12(15)2)24-19(21)16(13)10-23-18/h5-11,14H,3-4H2,1-2H3,(H2,21,24)(H,23,25,26)/t11-,14+/m0/s1. The number of nitrogens with two attached hydrogens (primary N) is 1. The predicted octanol–water partition coefficient (Wildman–Crippen LogP) is 3.57. The van der Waals surface area contributed by atoms with Crippen molar-refractivity contribution < 1.29 is 4.79 Å². The SMILES string of the molecule is Cc1ccncc1-c1cc2cc(NC(=O)[C@@H]3CC[C@@H]3C)ncc2c(N)n1. The summed E-state index contributed by atoms with van der Waals surface area (Å²) >= 11 is 0. The highest BCUT2D eigenvalue weighted by molar-refractivity contribution is 5.98. The van der Waals surface area contributed by atoms with Gasteiger partial charge in [-0.2, -0.15) is 0 Å². The van der Waals surface area contributed by atoms with Crippen molar-refractivity contribution in [2.45, 2.75) is 26.7 Å². The number of pyridine rings is 3. The Labute approximate surface area is 151 Å². The lowest BCUT2D eigenvalue weighted by molar-refractivity contribution is -0.124. The van der Waals surface area contributed by atoms with Crippen molar-refractivity contribution in [3.63, 3.8) is 0 Å². The van der Waals surface area contributed by atoms with Gasteiger partial charge in [0, 0.05) is 35.5 Å². The molecule has 0 bridgehead atoms. The molecule has 26 heavy (non-hydrogen) atoms. The maximum atomic E-state index is 12.3. The summed E-state index contributed by atoms with van der Waals surface area (Å²) in [7, 11) is 0. The van der Waals surface area contributed by atoms with Crippen molar-refractivity contribution in [3.05, 3.63) is 42.4 Å². The number of carbonyl (C=O) groups is 1. The number of aryl methyl sites for hydroxylation is 1. The van der Waals surface area contributed by atoms with Gasteiger partial charge in [0.05, 0.1) is 5.69 Å². The van der Waals surface area contributed by atoms with Gasteiger partial charge in [0.25, 0.3) is 0 Å². The summed E-state index contributed by atoms with van der Waals surface area (Å²) in [5.74, 6) is 1.53. The lowest BCUT2D eigenvalue weighted by atomic mass is 9.74. The number of fused-ring (bicyclic) bond motifs is 1. The van der Waals surface area contributed by atoms with Crippen molar-refractivity contribution in [1.29, 1.82) is 0 Å². The normalized spacial score (nSPS) is 19.2. The van der Waals surface area contributed by atoms with Crippen molar-refractivity contribution >= 4 is 28.3 Å². The number of aromatic nitrogens is 3. The summed E-state index contributed by atoms with van der Waals surface area (Å²) in [6, 6.07) is 5.75. The molecule has 132 valence electrons. The molecule has 0 radical (unpaired) electrons. The quantitative estimate of drug-likeness (QED) is 0.755. The van der Waals surface area contributed by atoms with Gasteiger partial charge in [-0.25, -0.2) is 9.97 Å². The van der Waals surface area contributed by atoms with Gasteiger partial charge in [0.15, 0.2) is 0 Å². The van der Waals surface area contributed by atoms with Crippen LogP contribution in [0.4, 0.5) is 11.6 Å². The molecule has 3 heterocycles. The zero-order valence-electron chi connectivity index (χ0n) is 14.9. The molecule has 3 N–H and O–H groups in total. The van der Waals surface area contributed by atoms with Crippen LogP contribution >= 0.6 is 0 Å². The van der Waals surface area contributed by atoms with Crippen LogP contribution in [0, 0.1) is 18.8 Å². The van der Waals surface area contributed by atoms with Gasteiger partial charge in [0.1, 0.15) is 11.6 Å². The Morgan fingerprint density at radius 2 is 2.12 bits per heavy atom. The molecule has 0 spiro atoms. The van der Waals surface area contributed by atoms with Crippen LogP contribution in [-0.2, 0) is 4.79 Å². The minimum absolute atomic E-state index is 0.0426. The van der Waals surface area contributed by atoms with Gasteiger partial charge in [0.2, 0.25) is 5.91 Å². The van der Waals surface area contributed by atoms with Crippen molar-refractivity contribution in [2.75, 3.05) is 11.1 Å². The van der Waals surface area contributed by atoms with Gasteiger partial charge in [-0.1, -0.05) is 6.92 Å². The zero-order valence-corrected chi connectivity index (χ0v) is 14.9. The first-order chi connectivity index (χ1) is 12.5. The molecule has 4 rings (SSSR count). The third-order valence-corrected chi connectivity index (χ3v) is 5.27. The molecule has 6 nitrogen and oxygen atoms in total. The number of nitrogen functional groups attached to an aromatic ring is 1. The van der Waals surface area contributed by atoms with Crippen molar-refractivity contribution in [2.24, 2.45) is 11.8 Å². The molecule has 3 aromatic rings. The molecule has 6 heteroatoms. The van der Waals surface area contributed by atoms with E-state index in [2.05, 4.69) is 27.2 Å². The molecule has 0 saturated heterocycles. The second-order valence-electron chi connectivity index (χ2n) is 7.02. The number of nitrogens with one attached hydrogen (secondary N) is 1. The van der Waals surface area contributed by atoms with Gasteiger partial charge in [-0.15, -0.1) is 0 Å². The van der Waals surface area contributed by atoms with Crippen molar-refractivity contribution in [1.82, 2.24) is 15.0 Å². The van der Waals surface area contributed by atoms with E-state index < -0.39 is 0 Å². The van der Waals surface area contributed by atoms with E-state index in [0.717, 1.165) is 40.4 Å². The average Bonchev–Trinajstić information content (AvgIpc) is 2.60. The van der Waals surface area contributed by atoms with Crippen molar-refractivity contribution in [3.8, 4) is 11.3 Å². The summed E-state index contributed by atoms with van der Waals surface area (Å²) in [4.78, 5) is 25.3. The first-order valence-corrected chi connectivity index (χ1v) is 8.81. The number of hydrogen-bond donors (Lipinski definition) is 2. The zero-order chi connectivity index (χ0) is 18.3.